The Hall–Kier alpha value is -2.88. The molecule has 0 spiro atoms. The van der Waals surface area contributed by atoms with Crippen LogP contribution in [0.25, 0.3) is 5.69 Å². The van der Waals surface area contributed by atoms with Crippen LogP contribution in [0, 0.1) is 13.8 Å². The number of aryl methyl sites for hydroxylation is 2. The van der Waals surface area contributed by atoms with Crippen LogP contribution in [0.15, 0.2) is 48.5 Å². The Morgan fingerprint density at radius 2 is 1.85 bits per heavy atom. The van der Waals surface area contributed by atoms with Crippen molar-refractivity contribution in [3.8, 4) is 11.4 Å². The number of carbonyl (C=O) groups excluding carboxylic acids is 1. The Morgan fingerprint density at radius 3 is 2.54 bits per heavy atom. The van der Waals surface area contributed by atoms with Crippen molar-refractivity contribution in [1.29, 1.82) is 0 Å². The van der Waals surface area contributed by atoms with Gasteiger partial charge < -0.3 is 4.74 Å². The van der Waals surface area contributed by atoms with Gasteiger partial charge >= 0.3 is 0 Å². The molecule has 0 saturated heterocycles. The molecule has 1 atom stereocenters. The second kappa shape index (κ2) is 6.45. The summed E-state index contributed by atoms with van der Waals surface area (Å²) >= 11 is 0. The van der Waals surface area contributed by atoms with E-state index in [1.165, 1.54) is 11.1 Å². The number of hydrogen-bond donors (Lipinski definition) is 0. The number of ether oxygens (including phenoxy) is 1. The molecule has 0 aliphatic heterocycles. The van der Waals surface area contributed by atoms with E-state index in [4.69, 9.17) is 4.74 Å². The number of ketones is 1. The van der Waals surface area contributed by atoms with Crippen LogP contribution in [0.1, 0.15) is 45.2 Å². The first kappa shape index (κ1) is 16.6. The highest BCUT2D eigenvalue weighted by Crippen LogP contribution is 2.35. The van der Waals surface area contributed by atoms with Crippen LogP contribution in [-0.4, -0.2) is 22.7 Å². The molecule has 1 aromatic heterocycles. The van der Waals surface area contributed by atoms with Gasteiger partial charge in [-0.3, -0.25) is 4.79 Å². The van der Waals surface area contributed by atoms with Crippen molar-refractivity contribution in [2.24, 2.45) is 0 Å². The van der Waals surface area contributed by atoms with Crippen LogP contribution in [0.4, 0.5) is 0 Å². The van der Waals surface area contributed by atoms with Crippen molar-refractivity contribution in [3.63, 3.8) is 0 Å². The number of carbonyl (C=O) groups is 1. The summed E-state index contributed by atoms with van der Waals surface area (Å²) in [5, 5.41) is 4.67. The molecule has 4 nitrogen and oxygen atoms in total. The molecule has 1 heterocycles. The summed E-state index contributed by atoms with van der Waals surface area (Å²) in [6, 6.07) is 16.3. The highest BCUT2D eigenvalue weighted by molar-refractivity contribution is 6.00. The largest absolute Gasteiger partial charge is 0.497 e. The van der Waals surface area contributed by atoms with Crippen molar-refractivity contribution in [2.75, 3.05) is 7.11 Å². The second-order valence-corrected chi connectivity index (χ2v) is 6.96. The lowest BCUT2D eigenvalue weighted by molar-refractivity contribution is 0.0963. The third kappa shape index (κ3) is 2.81. The first-order valence-corrected chi connectivity index (χ1v) is 8.89. The van der Waals surface area contributed by atoms with E-state index < -0.39 is 0 Å². The van der Waals surface area contributed by atoms with Gasteiger partial charge in [0.05, 0.1) is 29.7 Å². The molecule has 0 unspecified atom stereocenters. The van der Waals surface area contributed by atoms with Gasteiger partial charge in [-0.15, -0.1) is 0 Å². The summed E-state index contributed by atoms with van der Waals surface area (Å²) in [5.41, 5.74) is 6.02. The standard InChI is InChI=1S/C22H22N2O2/c1-14-5-4-6-16(11-14)17-12-20-22(21(25)13-17)15(2)23-24(20)18-7-9-19(26-3)10-8-18/h4-11,17H,12-13H2,1-3H3/t17-/m0/s1. The van der Waals surface area contributed by atoms with E-state index >= 15 is 0 Å². The summed E-state index contributed by atoms with van der Waals surface area (Å²) in [4.78, 5) is 12.8. The molecule has 0 radical (unpaired) electrons. The Balaban J connectivity index is 1.77. The second-order valence-electron chi connectivity index (χ2n) is 6.96. The average Bonchev–Trinajstić information content (AvgIpc) is 2.99. The van der Waals surface area contributed by atoms with E-state index in [0.29, 0.717) is 6.42 Å². The maximum absolute atomic E-state index is 12.8. The predicted molar refractivity (Wildman–Crippen MR) is 101 cm³/mol. The summed E-state index contributed by atoms with van der Waals surface area (Å²) in [5.74, 6) is 1.19. The summed E-state index contributed by atoms with van der Waals surface area (Å²) < 4.78 is 7.16. The number of hydrogen-bond acceptors (Lipinski definition) is 3. The molecule has 2 aromatic carbocycles. The molecule has 1 aliphatic carbocycles. The van der Waals surface area contributed by atoms with E-state index in [0.717, 1.165) is 34.8 Å². The minimum absolute atomic E-state index is 0.190. The Kier molecular flexibility index (Phi) is 4.11. The van der Waals surface area contributed by atoms with Crippen LogP contribution in [-0.2, 0) is 6.42 Å². The van der Waals surface area contributed by atoms with Gasteiger partial charge in [-0.25, -0.2) is 4.68 Å². The third-order valence-electron chi connectivity index (χ3n) is 5.14. The summed E-state index contributed by atoms with van der Waals surface area (Å²) in [7, 11) is 1.65. The van der Waals surface area contributed by atoms with Crippen LogP contribution >= 0.6 is 0 Å². The number of nitrogens with zero attached hydrogens (tertiary/aromatic N) is 2. The van der Waals surface area contributed by atoms with Crippen molar-refractivity contribution in [3.05, 3.63) is 76.6 Å². The lowest BCUT2D eigenvalue weighted by Gasteiger charge is -2.23. The van der Waals surface area contributed by atoms with Crippen molar-refractivity contribution < 1.29 is 9.53 Å². The molecule has 1 aliphatic rings. The average molecular weight is 346 g/mol. The Morgan fingerprint density at radius 1 is 1.08 bits per heavy atom. The fourth-order valence-electron chi connectivity index (χ4n) is 3.85. The molecular weight excluding hydrogens is 324 g/mol. The number of Topliss-reactive ketones (excluding diaryl/α,β-unsaturated/α-hetero) is 1. The van der Waals surface area contributed by atoms with Gasteiger partial charge in [-0.05, 0) is 56.0 Å². The van der Waals surface area contributed by atoms with Gasteiger partial charge in [-0.2, -0.15) is 5.10 Å². The van der Waals surface area contributed by atoms with E-state index in [1.807, 2.05) is 35.9 Å². The van der Waals surface area contributed by atoms with Crippen molar-refractivity contribution in [1.82, 2.24) is 9.78 Å². The molecule has 4 heteroatoms. The third-order valence-corrected chi connectivity index (χ3v) is 5.14. The zero-order valence-corrected chi connectivity index (χ0v) is 15.3. The Labute approximate surface area is 153 Å². The fraction of sp³-hybridized carbons (Fsp3) is 0.273. The molecular formula is C22H22N2O2. The summed E-state index contributed by atoms with van der Waals surface area (Å²) in [6.07, 6.45) is 1.36. The van der Waals surface area contributed by atoms with Crippen LogP contribution in [0.3, 0.4) is 0 Å². The summed E-state index contributed by atoms with van der Waals surface area (Å²) in [6.45, 7) is 4.01. The van der Waals surface area contributed by atoms with Gasteiger partial charge in [0.1, 0.15) is 5.75 Å². The molecule has 132 valence electrons. The van der Waals surface area contributed by atoms with Gasteiger partial charge in [0, 0.05) is 6.42 Å². The van der Waals surface area contributed by atoms with E-state index in [2.05, 4.69) is 36.3 Å². The molecule has 0 N–H and O–H groups in total. The highest BCUT2D eigenvalue weighted by Gasteiger charge is 2.32. The molecule has 26 heavy (non-hydrogen) atoms. The first-order chi connectivity index (χ1) is 12.6. The smallest absolute Gasteiger partial charge is 0.167 e. The molecule has 0 fully saturated rings. The van der Waals surface area contributed by atoms with E-state index in [-0.39, 0.29) is 11.7 Å². The minimum Gasteiger partial charge on any atom is -0.497 e. The van der Waals surface area contributed by atoms with Gasteiger partial charge in [0.15, 0.2) is 5.78 Å². The number of methoxy groups -OCH3 is 1. The molecule has 0 amide bonds. The lowest BCUT2D eigenvalue weighted by atomic mass is 9.81. The maximum Gasteiger partial charge on any atom is 0.167 e. The highest BCUT2D eigenvalue weighted by atomic mass is 16.5. The zero-order valence-electron chi connectivity index (χ0n) is 15.3. The van der Waals surface area contributed by atoms with Crippen LogP contribution in [0.2, 0.25) is 0 Å². The van der Waals surface area contributed by atoms with Gasteiger partial charge in [-0.1, -0.05) is 29.8 Å². The number of benzene rings is 2. The predicted octanol–water partition coefficient (Wildman–Crippen LogP) is 4.41. The fourth-order valence-corrected chi connectivity index (χ4v) is 3.85. The molecule has 0 saturated carbocycles. The number of rotatable bonds is 3. The molecule has 4 rings (SSSR count). The topological polar surface area (TPSA) is 44.1 Å². The quantitative estimate of drug-likeness (QED) is 0.705. The van der Waals surface area contributed by atoms with E-state index in [9.17, 15) is 4.79 Å². The normalized spacial score (nSPS) is 16.4. The first-order valence-electron chi connectivity index (χ1n) is 8.89. The van der Waals surface area contributed by atoms with Crippen molar-refractivity contribution in [2.45, 2.75) is 32.6 Å². The van der Waals surface area contributed by atoms with Gasteiger partial charge in [0.25, 0.3) is 0 Å². The molecule has 3 aromatic rings. The van der Waals surface area contributed by atoms with E-state index in [1.54, 1.807) is 7.11 Å². The maximum atomic E-state index is 12.8. The number of aromatic nitrogens is 2. The monoisotopic (exact) mass is 346 g/mol. The van der Waals surface area contributed by atoms with Crippen molar-refractivity contribution >= 4 is 5.78 Å². The van der Waals surface area contributed by atoms with Crippen LogP contribution < -0.4 is 4.74 Å². The Bertz CT molecular complexity index is 970. The van der Waals surface area contributed by atoms with Crippen LogP contribution in [0.5, 0.6) is 5.75 Å². The minimum atomic E-state index is 0.190. The molecule has 0 bridgehead atoms. The lowest BCUT2D eigenvalue weighted by Crippen LogP contribution is -2.20. The zero-order chi connectivity index (χ0) is 18.3. The van der Waals surface area contributed by atoms with Gasteiger partial charge in [0.2, 0.25) is 0 Å². The number of fused-ring (bicyclic) bond motifs is 1. The SMILES string of the molecule is COc1ccc(-n2nc(C)c3c2C[C@H](c2cccc(C)c2)CC3=O)cc1.